The van der Waals surface area contributed by atoms with Gasteiger partial charge in [0, 0.05) is 23.1 Å². The van der Waals surface area contributed by atoms with Crippen LogP contribution in [0.4, 0.5) is 0 Å². The number of amides is 1. The average Bonchev–Trinajstić information content (AvgIpc) is 2.62. The Morgan fingerprint density at radius 3 is 2.17 bits per heavy atom. The number of carbonyl (C=O) groups excluding carboxylic acids is 1. The summed E-state index contributed by atoms with van der Waals surface area (Å²) in [6, 6.07) is 18.7. The second-order valence-corrected chi connectivity index (χ2v) is 7.25. The smallest absolute Gasteiger partial charge is 0.253 e. The molecule has 0 heterocycles. The van der Waals surface area contributed by atoms with Gasteiger partial charge in [-0.1, -0.05) is 46.3 Å². The molecule has 0 unspecified atom stereocenters. The first kappa shape index (κ1) is 16.3. The maximum Gasteiger partial charge on any atom is 0.253 e. The third-order valence-electron chi connectivity index (χ3n) is 4.93. The summed E-state index contributed by atoms with van der Waals surface area (Å²) in [6.07, 6.45) is 4.48. The van der Waals surface area contributed by atoms with Gasteiger partial charge in [-0.3, -0.25) is 4.79 Å². The Hall–Kier alpha value is -1.61. The molecule has 1 saturated carbocycles. The van der Waals surface area contributed by atoms with Crippen molar-refractivity contribution in [3.05, 3.63) is 70.2 Å². The SMILES string of the molecule is CN(C(=O)c1ccc(Br)cc1)C1CCC(c2ccccc2)CC1. The van der Waals surface area contributed by atoms with Crippen LogP contribution in [0.2, 0.25) is 0 Å². The van der Waals surface area contributed by atoms with Crippen molar-refractivity contribution in [3.63, 3.8) is 0 Å². The lowest BCUT2D eigenvalue weighted by Gasteiger charge is -2.35. The highest BCUT2D eigenvalue weighted by molar-refractivity contribution is 9.10. The molecule has 2 nitrogen and oxygen atoms in total. The van der Waals surface area contributed by atoms with Gasteiger partial charge in [0.15, 0.2) is 0 Å². The van der Waals surface area contributed by atoms with Gasteiger partial charge >= 0.3 is 0 Å². The number of hydrogen-bond acceptors (Lipinski definition) is 1. The van der Waals surface area contributed by atoms with Gasteiger partial charge in [0.2, 0.25) is 0 Å². The lowest BCUT2D eigenvalue weighted by Crippen LogP contribution is -2.39. The molecule has 0 N–H and O–H groups in total. The minimum absolute atomic E-state index is 0.126. The Balaban J connectivity index is 1.60. The number of rotatable bonds is 3. The van der Waals surface area contributed by atoms with Gasteiger partial charge in [-0.25, -0.2) is 0 Å². The maximum atomic E-state index is 12.6. The first-order chi connectivity index (χ1) is 11.1. The van der Waals surface area contributed by atoms with Crippen LogP contribution in [0.3, 0.4) is 0 Å². The van der Waals surface area contributed by atoms with Crippen LogP contribution in [0.5, 0.6) is 0 Å². The highest BCUT2D eigenvalue weighted by atomic mass is 79.9. The zero-order valence-corrected chi connectivity index (χ0v) is 15.0. The van der Waals surface area contributed by atoms with Crippen LogP contribution in [0.15, 0.2) is 59.1 Å². The molecule has 3 rings (SSSR count). The van der Waals surface area contributed by atoms with E-state index in [4.69, 9.17) is 0 Å². The van der Waals surface area contributed by atoms with Crippen LogP contribution in [-0.2, 0) is 0 Å². The summed E-state index contributed by atoms with van der Waals surface area (Å²) in [7, 11) is 1.94. The highest BCUT2D eigenvalue weighted by Crippen LogP contribution is 2.34. The van der Waals surface area contributed by atoms with Gasteiger partial charge in [0.05, 0.1) is 0 Å². The zero-order chi connectivity index (χ0) is 16.2. The van der Waals surface area contributed by atoms with Crippen molar-refractivity contribution in [2.75, 3.05) is 7.05 Å². The summed E-state index contributed by atoms with van der Waals surface area (Å²) in [4.78, 5) is 14.6. The van der Waals surface area contributed by atoms with Crippen LogP contribution >= 0.6 is 15.9 Å². The minimum atomic E-state index is 0.126. The Morgan fingerprint density at radius 1 is 0.957 bits per heavy atom. The Morgan fingerprint density at radius 2 is 1.57 bits per heavy atom. The fraction of sp³-hybridized carbons (Fsp3) is 0.350. The van der Waals surface area contributed by atoms with E-state index in [0.29, 0.717) is 12.0 Å². The van der Waals surface area contributed by atoms with E-state index in [1.54, 1.807) is 0 Å². The molecule has 1 amide bonds. The van der Waals surface area contributed by atoms with E-state index in [1.165, 1.54) is 5.56 Å². The Labute approximate surface area is 146 Å². The molecule has 3 heteroatoms. The fourth-order valence-electron chi connectivity index (χ4n) is 3.48. The van der Waals surface area contributed by atoms with Crippen LogP contribution in [0.1, 0.15) is 47.5 Å². The minimum Gasteiger partial charge on any atom is -0.339 e. The predicted molar refractivity (Wildman–Crippen MR) is 97.7 cm³/mol. The van der Waals surface area contributed by atoms with E-state index in [0.717, 1.165) is 35.7 Å². The van der Waals surface area contributed by atoms with Crippen LogP contribution in [0.25, 0.3) is 0 Å². The average molecular weight is 372 g/mol. The Kier molecular flexibility index (Phi) is 5.16. The normalized spacial score (nSPS) is 21.0. The predicted octanol–water partition coefficient (Wildman–Crippen LogP) is 5.25. The monoisotopic (exact) mass is 371 g/mol. The van der Waals surface area contributed by atoms with Crippen molar-refractivity contribution >= 4 is 21.8 Å². The van der Waals surface area contributed by atoms with Crippen LogP contribution < -0.4 is 0 Å². The second-order valence-electron chi connectivity index (χ2n) is 6.34. The van der Waals surface area contributed by atoms with Crippen molar-refractivity contribution in [1.82, 2.24) is 4.90 Å². The number of carbonyl (C=O) groups is 1. The molecule has 0 aliphatic heterocycles. The van der Waals surface area contributed by atoms with E-state index in [9.17, 15) is 4.79 Å². The van der Waals surface area contributed by atoms with Gasteiger partial charge in [-0.15, -0.1) is 0 Å². The molecule has 120 valence electrons. The zero-order valence-electron chi connectivity index (χ0n) is 13.4. The molecule has 0 saturated heterocycles. The lowest BCUT2D eigenvalue weighted by atomic mass is 9.81. The van der Waals surface area contributed by atoms with Crippen molar-refractivity contribution in [2.24, 2.45) is 0 Å². The van der Waals surface area contributed by atoms with Gasteiger partial charge < -0.3 is 4.90 Å². The largest absolute Gasteiger partial charge is 0.339 e. The molecule has 0 bridgehead atoms. The number of nitrogens with zero attached hydrogens (tertiary/aromatic N) is 1. The molecule has 1 aliphatic carbocycles. The maximum absolute atomic E-state index is 12.6. The van der Waals surface area contributed by atoms with Crippen LogP contribution in [0, 0.1) is 0 Å². The third kappa shape index (κ3) is 3.84. The second kappa shape index (κ2) is 7.31. The number of hydrogen-bond donors (Lipinski definition) is 0. The molecule has 0 atom stereocenters. The quantitative estimate of drug-likeness (QED) is 0.721. The summed E-state index contributed by atoms with van der Waals surface area (Å²) in [5.41, 5.74) is 2.20. The molecule has 1 aliphatic rings. The number of benzene rings is 2. The van der Waals surface area contributed by atoms with E-state index in [1.807, 2.05) is 36.2 Å². The Bertz CT molecular complexity index is 645. The molecule has 1 fully saturated rings. The topological polar surface area (TPSA) is 20.3 Å². The summed E-state index contributed by atoms with van der Waals surface area (Å²) in [5, 5.41) is 0. The third-order valence-corrected chi connectivity index (χ3v) is 5.46. The summed E-state index contributed by atoms with van der Waals surface area (Å²) in [6.45, 7) is 0. The highest BCUT2D eigenvalue weighted by Gasteiger charge is 2.27. The van der Waals surface area contributed by atoms with Gasteiger partial charge in [0.1, 0.15) is 0 Å². The van der Waals surface area contributed by atoms with E-state index < -0.39 is 0 Å². The first-order valence-electron chi connectivity index (χ1n) is 8.23. The van der Waals surface area contributed by atoms with Gasteiger partial charge in [-0.05, 0) is 61.4 Å². The molecule has 2 aromatic rings. The van der Waals surface area contributed by atoms with Crippen molar-refractivity contribution in [2.45, 2.75) is 37.6 Å². The number of halogens is 1. The summed E-state index contributed by atoms with van der Waals surface area (Å²) < 4.78 is 1.00. The van der Waals surface area contributed by atoms with E-state index in [-0.39, 0.29) is 5.91 Å². The van der Waals surface area contributed by atoms with Gasteiger partial charge in [-0.2, -0.15) is 0 Å². The van der Waals surface area contributed by atoms with Crippen molar-refractivity contribution in [1.29, 1.82) is 0 Å². The molecule has 23 heavy (non-hydrogen) atoms. The van der Waals surface area contributed by atoms with Crippen molar-refractivity contribution in [3.8, 4) is 0 Å². The fourth-order valence-corrected chi connectivity index (χ4v) is 3.75. The van der Waals surface area contributed by atoms with E-state index >= 15 is 0 Å². The van der Waals surface area contributed by atoms with Crippen molar-refractivity contribution < 1.29 is 4.79 Å². The first-order valence-corrected chi connectivity index (χ1v) is 9.02. The van der Waals surface area contributed by atoms with Gasteiger partial charge in [0.25, 0.3) is 5.91 Å². The lowest BCUT2D eigenvalue weighted by molar-refractivity contribution is 0.0689. The summed E-state index contributed by atoms with van der Waals surface area (Å²) in [5.74, 6) is 0.768. The molecule has 2 aromatic carbocycles. The molecule has 0 aromatic heterocycles. The standard InChI is InChI=1S/C20H22BrNO/c1-22(20(23)17-7-11-18(21)12-8-17)19-13-9-16(10-14-19)15-5-3-2-4-6-15/h2-8,11-12,16,19H,9-10,13-14H2,1H3. The molecule has 0 spiro atoms. The summed E-state index contributed by atoms with van der Waals surface area (Å²) >= 11 is 3.41. The molecular weight excluding hydrogens is 350 g/mol. The molecular formula is C20H22BrNO. The van der Waals surface area contributed by atoms with E-state index in [2.05, 4.69) is 46.3 Å². The van der Waals surface area contributed by atoms with Crippen LogP contribution in [-0.4, -0.2) is 23.9 Å². The molecule has 0 radical (unpaired) electrons.